The van der Waals surface area contributed by atoms with Crippen LogP contribution in [0.3, 0.4) is 0 Å². The van der Waals surface area contributed by atoms with E-state index in [-0.39, 0.29) is 22.0 Å². The highest BCUT2D eigenvalue weighted by atomic mass is 16.4. The summed E-state index contributed by atoms with van der Waals surface area (Å²) in [6.07, 6.45) is 1.94. The molecule has 0 bridgehead atoms. The first kappa shape index (κ1) is 33.8. The lowest BCUT2D eigenvalue weighted by Gasteiger charge is -2.38. The average Bonchev–Trinajstić information content (AvgIpc) is 3.14. The summed E-state index contributed by atoms with van der Waals surface area (Å²) in [6, 6.07) is 26.6. The fourth-order valence-electron chi connectivity index (χ4n) is 8.82. The molecule has 0 amide bonds. The molecule has 0 saturated carbocycles. The van der Waals surface area contributed by atoms with Crippen molar-refractivity contribution in [1.82, 2.24) is 0 Å². The fourth-order valence-corrected chi connectivity index (χ4v) is 8.82. The van der Waals surface area contributed by atoms with Gasteiger partial charge in [0, 0.05) is 49.7 Å². The first-order chi connectivity index (χ1) is 25.7. The van der Waals surface area contributed by atoms with E-state index < -0.39 is 11.9 Å². The highest BCUT2D eigenvalue weighted by Gasteiger charge is 2.37. The van der Waals surface area contributed by atoms with E-state index in [9.17, 15) is 19.8 Å². The molecule has 8 nitrogen and oxygen atoms in total. The number of carboxylic acid groups (broad SMARTS) is 2. The summed E-state index contributed by atoms with van der Waals surface area (Å²) >= 11 is 0. The maximum Gasteiger partial charge on any atom is 0.371 e. The van der Waals surface area contributed by atoms with Crippen LogP contribution in [0.5, 0.6) is 0 Å². The normalized spacial score (nSPS) is 16.2. The van der Waals surface area contributed by atoms with Gasteiger partial charge in [0.05, 0.1) is 44.8 Å². The van der Waals surface area contributed by atoms with Crippen LogP contribution in [0.15, 0.2) is 93.8 Å². The van der Waals surface area contributed by atoms with Crippen LogP contribution in [-0.4, -0.2) is 49.3 Å². The van der Waals surface area contributed by atoms with Gasteiger partial charge in [0.2, 0.25) is 0 Å². The second kappa shape index (κ2) is 11.7. The number of rotatable bonds is 4. The van der Waals surface area contributed by atoms with Crippen LogP contribution in [0.2, 0.25) is 0 Å². The molecule has 2 aromatic heterocycles. The van der Waals surface area contributed by atoms with Crippen molar-refractivity contribution in [3.05, 3.63) is 107 Å². The molecule has 2 aliphatic heterocycles. The first-order valence-corrected chi connectivity index (χ1v) is 18.5. The minimum absolute atomic E-state index is 0.121. The lowest BCUT2D eigenvalue weighted by molar-refractivity contribution is 0.0687. The zero-order valence-electron chi connectivity index (χ0n) is 31.3. The largest absolute Gasteiger partial charge is 0.478 e. The molecule has 0 radical (unpaired) electrons. The predicted octanol–water partition coefficient (Wildman–Crippen LogP) is 11.0. The summed E-state index contributed by atoms with van der Waals surface area (Å²) in [4.78, 5) is 30.2. The van der Waals surface area contributed by atoms with Crippen LogP contribution in [0, 0.1) is 0 Å². The Morgan fingerprint density at radius 2 is 0.926 bits per heavy atom. The summed E-state index contributed by atoms with van der Waals surface area (Å²) in [7, 11) is 4.18. The lowest BCUT2D eigenvalue weighted by atomic mass is 9.76. The number of nitrogens with zero attached hydrogens (tertiary/aromatic N) is 2. The zero-order valence-corrected chi connectivity index (χ0v) is 31.3. The van der Waals surface area contributed by atoms with Crippen LogP contribution in [0.4, 0.5) is 11.4 Å². The first-order valence-electron chi connectivity index (χ1n) is 18.5. The monoisotopic (exact) mass is 718 g/mol. The number of benzene rings is 5. The Morgan fingerprint density at radius 1 is 0.556 bits per heavy atom. The van der Waals surface area contributed by atoms with E-state index in [1.165, 1.54) is 11.1 Å². The molecule has 0 fully saturated rings. The van der Waals surface area contributed by atoms with Gasteiger partial charge in [-0.15, -0.1) is 0 Å². The van der Waals surface area contributed by atoms with Crippen molar-refractivity contribution in [3.63, 3.8) is 0 Å². The molecule has 5 aromatic carbocycles. The second-order valence-corrected chi connectivity index (χ2v) is 16.3. The van der Waals surface area contributed by atoms with Crippen LogP contribution in [0.25, 0.3) is 66.1 Å². The summed E-state index contributed by atoms with van der Waals surface area (Å²) < 4.78 is 13.6. The van der Waals surface area contributed by atoms with E-state index >= 15 is 0 Å². The molecule has 0 atom stereocenters. The molecule has 7 aromatic rings. The highest BCUT2D eigenvalue weighted by Crippen LogP contribution is 2.49. The molecule has 2 aliphatic rings. The Bertz CT molecular complexity index is 2600. The number of carboxylic acids is 2. The molecule has 0 saturated heterocycles. The molecule has 8 heteroatoms. The quantitative estimate of drug-likeness (QED) is 0.137. The predicted molar refractivity (Wildman–Crippen MR) is 216 cm³/mol. The Labute approximate surface area is 312 Å². The summed E-state index contributed by atoms with van der Waals surface area (Å²) in [6.45, 7) is 10.8. The van der Waals surface area contributed by atoms with Gasteiger partial charge in [-0.1, -0.05) is 64.1 Å². The van der Waals surface area contributed by atoms with Gasteiger partial charge in [0.15, 0.2) is 0 Å². The number of anilines is 2. The SMILES string of the molecule is CN1CCC(C)(C)c2cc3c(-c4ccccc4C(=O)O)c4cc5c(-c6ccccc6C(=O)O)c6cc7c(cc6[o+]c5cc4[o+]c3cc21)N(C)CCC7(C)C. The van der Waals surface area contributed by atoms with E-state index in [0.29, 0.717) is 44.2 Å². The maximum absolute atomic E-state index is 12.8. The molecule has 54 heavy (non-hydrogen) atoms. The summed E-state index contributed by atoms with van der Waals surface area (Å²) in [5, 5.41) is 24.0. The third kappa shape index (κ3) is 5.03. The van der Waals surface area contributed by atoms with Crippen molar-refractivity contribution >= 4 is 67.2 Å². The van der Waals surface area contributed by atoms with E-state index in [1.54, 1.807) is 24.3 Å². The van der Waals surface area contributed by atoms with Gasteiger partial charge in [-0.05, 0) is 76.3 Å². The molecule has 0 aliphatic carbocycles. The van der Waals surface area contributed by atoms with Gasteiger partial charge < -0.3 is 20.0 Å². The lowest BCUT2D eigenvalue weighted by Crippen LogP contribution is -2.34. The van der Waals surface area contributed by atoms with Crippen LogP contribution >= 0.6 is 0 Å². The van der Waals surface area contributed by atoms with Gasteiger partial charge in [-0.2, -0.15) is 0 Å². The summed E-state index contributed by atoms with van der Waals surface area (Å²) in [5.41, 5.74) is 9.57. The number of carbonyl (C=O) groups is 2. The maximum atomic E-state index is 12.8. The van der Waals surface area contributed by atoms with E-state index in [2.05, 4.69) is 75.9 Å². The minimum Gasteiger partial charge on any atom is -0.478 e. The highest BCUT2D eigenvalue weighted by molar-refractivity contribution is 6.19. The van der Waals surface area contributed by atoms with Crippen molar-refractivity contribution in [2.24, 2.45) is 0 Å². The van der Waals surface area contributed by atoms with Gasteiger partial charge in [0.25, 0.3) is 0 Å². The summed E-state index contributed by atoms with van der Waals surface area (Å²) in [5.74, 6) is -2.05. The van der Waals surface area contributed by atoms with Gasteiger partial charge in [0.1, 0.15) is 6.07 Å². The molecule has 0 spiro atoms. The average molecular weight is 719 g/mol. The Morgan fingerprint density at radius 3 is 1.33 bits per heavy atom. The van der Waals surface area contributed by atoms with Crippen molar-refractivity contribution in [2.45, 2.75) is 51.4 Å². The van der Waals surface area contributed by atoms with Crippen molar-refractivity contribution in [1.29, 1.82) is 0 Å². The van der Waals surface area contributed by atoms with E-state index in [0.717, 1.165) is 59.2 Å². The number of fused-ring (bicyclic) bond motifs is 6. The van der Waals surface area contributed by atoms with Crippen LogP contribution < -0.4 is 9.80 Å². The number of aromatic carboxylic acids is 2. The van der Waals surface area contributed by atoms with Gasteiger partial charge in [-0.3, -0.25) is 0 Å². The second-order valence-electron chi connectivity index (χ2n) is 16.3. The van der Waals surface area contributed by atoms with E-state index in [4.69, 9.17) is 8.83 Å². The smallest absolute Gasteiger partial charge is 0.371 e. The third-order valence-corrected chi connectivity index (χ3v) is 12.1. The molecular formula is C46H42N2O6+2. The van der Waals surface area contributed by atoms with Gasteiger partial charge in [-0.25, -0.2) is 18.4 Å². The molecule has 0 unspecified atom stereocenters. The molecule has 270 valence electrons. The van der Waals surface area contributed by atoms with Crippen molar-refractivity contribution < 1.29 is 28.6 Å². The third-order valence-electron chi connectivity index (χ3n) is 12.1. The van der Waals surface area contributed by atoms with Crippen molar-refractivity contribution in [3.8, 4) is 22.3 Å². The molecular weight excluding hydrogens is 677 g/mol. The zero-order chi connectivity index (χ0) is 37.8. The Hall–Kier alpha value is -6.02. The molecule has 9 rings (SSSR count). The topological polar surface area (TPSA) is 104 Å². The standard InChI is InChI=1S/C46H40N2O6/c1-45(2)15-17-47(5)35-22-37-31(20-33(35)45)41(25-11-7-9-13-27(25)43(49)50)29-19-30-40(24-39(29)53-37)54-38-23-36-34(46(3,4)16-18-48(36)6)21-32(38)42(30)26-12-8-10-14-28(26)44(51)52/h7-14,19-24H,15-18H2,1-6H3/p+2. The van der Waals surface area contributed by atoms with Crippen LogP contribution in [0.1, 0.15) is 72.4 Å². The fraction of sp³-hybridized carbons (Fsp3) is 0.261. The molecule has 4 heterocycles. The Balaban J connectivity index is 1.49. The van der Waals surface area contributed by atoms with Gasteiger partial charge >= 0.3 is 34.3 Å². The Kier molecular flexibility index (Phi) is 7.35. The minimum atomic E-state index is -1.03. The van der Waals surface area contributed by atoms with E-state index in [1.807, 2.05) is 36.4 Å². The number of hydrogen-bond donors (Lipinski definition) is 2. The molecule has 2 N–H and O–H groups in total. The van der Waals surface area contributed by atoms with Crippen LogP contribution in [-0.2, 0) is 10.8 Å². The van der Waals surface area contributed by atoms with Crippen molar-refractivity contribution in [2.75, 3.05) is 37.0 Å². The number of hydrogen-bond acceptors (Lipinski definition) is 4.